The fourth-order valence-electron chi connectivity index (χ4n) is 7.00. The van der Waals surface area contributed by atoms with Crippen molar-refractivity contribution in [2.45, 2.75) is 11.1 Å². The van der Waals surface area contributed by atoms with Crippen molar-refractivity contribution in [2.75, 3.05) is 0 Å². The summed E-state index contributed by atoms with van der Waals surface area (Å²) < 4.78 is 16.8. The second-order valence-electron chi connectivity index (χ2n) is 11.1. The third kappa shape index (κ3) is 4.26. The molecule has 1 aliphatic rings. The summed E-state index contributed by atoms with van der Waals surface area (Å²) in [5.74, 6) is -0.680. The molecule has 212 valence electrons. The van der Waals surface area contributed by atoms with Crippen molar-refractivity contribution in [2.24, 2.45) is 0 Å². The molecule has 0 saturated heterocycles. The van der Waals surface area contributed by atoms with E-state index in [1.54, 1.807) is 0 Å². The van der Waals surface area contributed by atoms with Crippen LogP contribution in [0.3, 0.4) is 0 Å². The largest absolute Gasteiger partial charge is 0.312 e. The quantitative estimate of drug-likeness (QED) is 0.175. The Labute approximate surface area is 258 Å². The summed E-state index contributed by atoms with van der Waals surface area (Å²) in [5, 5.41) is -0.161. The molecule has 2 nitrogen and oxygen atoms in total. The van der Waals surface area contributed by atoms with Crippen molar-refractivity contribution >= 4 is 34.7 Å². The van der Waals surface area contributed by atoms with Crippen LogP contribution in [0.1, 0.15) is 28.2 Å². The summed E-state index contributed by atoms with van der Waals surface area (Å²) in [6.45, 7) is 0. The Kier molecular flexibility index (Phi) is 7.30. The van der Waals surface area contributed by atoms with Crippen molar-refractivity contribution in [1.29, 1.82) is 0 Å². The standard InChI is InChI=1S/C41H31O2P/c42-40-38(32-21-9-2-10-22-32)37(31-19-7-1-8-20-31)39(33-23-11-3-12-24-33)41(40,34-25-13-4-14-26-34)44(43,35-27-15-5-16-28-35)36-29-17-6-18-30-36/h1-30,39H. The summed E-state index contributed by atoms with van der Waals surface area (Å²) in [6, 6.07) is 59.3. The van der Waals surface area contributed by atoms with Gasteiger partial charge in [0.05, 0.1) is 0 Å². The molecule has 0 aromatic heterocycles. The van der Waals surface area contributed by atoms with Crippen LogP contribution in [-0.4, -0.2) is 5.78 Å². The normalized spacial score (nSPS) is 18.4. The molecule has 44 heavy (non-hydrogen) atoms. The Hall–Kier alpha value is -5.04. The van der Waals surface area contributed by atoms with Crippen LogP contribution in [0.15, 0.2) is 182 Å². The zero-order chi connectivity index (χ0) is 30.0. The van der Waals surface area contributed by atoms with Crippen molar-refractivity contribution in [1.82, 2.24) is 0 Å². The molecule has 2 atom stereocenters. The maximum atomic E-state index is 16.8. The number of hydrogen-bond donors (Lipinski definition) is 0. The van der Waals surface area contributed by atoms with Crippen LogP contribution in [0.2, 0.25) is 0 Å². The van der Waals surface area contributed by atoms with Gasteiger partial charge in [-0.2, -0.15) is 0 Å². The van der Waals surface area contributed by atoms with E-state index in [4.69, 9.17) is 0 Å². The summed E-state index contributed by atoms with van der Waals surface area (Å²) in [4.78, 5) is 16.0. The molecule has 0 bridgehead atoms. The van der Waals surface area contributed by atoms with E-state index in [-0.39, 0.29) is 5.78 Å². The number of ketones is 1. The van der Waals surface area contributed by atoms with Crippen LogP contribution >= 0.6 is 7.14 Å². The molecule has 0 fully saturated rings. The molecule has 0 amide bonds. The van der Waals surface area contributed by atoms with E-state index < -0.39 is 18.2 Å². The smallest absolute Gasteiger partial charge is 0.183 e. The SMILES string of the molecule is O=C1C(c2ccccc2)=C(c2ccccc2)C(c2ccccc2)C1(c1ccccc1)P(=O)(c1ccccc1)c1ccccc1. The van der Waals surface area contributed by atoms with Gasteiger partial charge in [-0.3, -0.25) is 4.79 Å². The summed E-state index contributed by atoms with van der Waals surface area (Å²) in [5.41, 5.74) is 4.96. The van der Waals surface area contributed by atoms with Crippen molar-refractivity contribution in [3.8, 4) is 0 Å². The number of carbonyl (C=O) groups excluding carboxylic acids is 1. The third-order valence-electron chi connectivity index (χ3n) is 8.78. The molecule has 3 heteroatoms. The number of Topliss-reactive ketones (excluding diaryl/α,β-unsaturated/α-hetero) is 1. The molecule has 0 N–H and O–H groups in total. The average molecular weight is 587 g/mol. The van der Waals surface area contributed by atoms with Crippen molar-refractivity contribution in [3.05, 3.63) is 204 Å². The molecular formula is C41H31O2P. The van der Waals surface area contributed by atoms with Gasteiger partial charge in [-0.25, -0.2) is 0 Å². The van der Waals surface area contributed by atoms with E-state index in [1.807, 2.05) is 158 Å². The molecule has 0 aliphatic heterocycles. The molecule has 0 spiro atoms. The van der Waals surface area contributed by atoms with E-state index in [1.165, 1.54) is 0 Å². The Balaban J connectivity index is 1.71. The Bertz CT molecular complexity index is 1930. The zero-order valence-electron chi connectivity index (χ0n) is 24.2. The van der Waals surface area contributed by atoms with Gasteiger partial charge >= 0.3 is 0 Å². The van der Waals surface area contributed by atoms with Crippen molar-refractivity contribution in [3.63, 3.8) is 0 Å². The Morgan fingerprint density at radius 1 is 0.455 bits per heavy atom. The fraction of sp³-hybridized carbons (Fsp3) is 0.0488. The topological polar surface area (TPSA) is 34.1 Å². The molecule has 2 unspecified atom stereocenters. The van der Waals surface area contributed by atoms with Crippen LogP contribution in [0.4, 0.5) is 0 Å². The predicted octanol–water partition coefficient (Wildman–Crippen LogP) is 8.87. The first-order chi connectivity index (χ1) is 21.7. The number of carbonyl (C=O) groups is 1. The van der Waals surface area contributed by atoms with Crippen molar-refractivity contribution < 1.29 is 9.36 Å². The molecule has 6 aromatic carbocycles. The van der Waals surface area contributed by atoms with Gasteiger partial charge in [0.15, 0.2) is 12.9 Å². The lowest BCUT2D eigenvalue weighted by Gasteiger charge is -2.43. The number of benzene rings is 6. The average Bonchev–Trinajstić information content (AvgIpc) is 3.40. The lowest BCUT2D eigenvalue weighted by Crippen LogP contribution is -2.44. The summed E-state index contributed by atoms with van der Waals surface area (Å²) >= 11 is 0. The highest BCUT2D eigenvalue weighted by Gasteiger charge is 2.66. The second-order valence-corrected chi connectivity index (χ2v) is 14.1. The van der Waals surface area contributed by atoms with E-state index >= 15 is 9.36 Å². The van der Waals surface area contributed by atoms with Crippen LogP contribution in [0.5, 0.6) is 0 Å². The zero-order valence-corrected chi connectivity index (χ0v) is 25.1. The fourth-order valence-corrected chi connectivity index (χ4v) is 10.8. The molecule has 7 rings (SSSR count). The van der Waals surface area contributed by atoms with Gasteiger partial charge in [0.1, 0.15) is 5.16 Å². The van der Waals surface area contributed by atoms with Gasteiger partial charge in [0, 0.05) is 22.1 Å². The maximum Gasteiger partial charge on any atom is 0.183 e. The minimum absolute atomic E-state index is 0.126. The molecular weight excluding hydrogens is 555 g/mol. The second kappa shape index (κ2) is 11.6. The van der Waals surface area contributed by atoms with Gasteiger partial charge in [-0.05, 0) is 27.8 Å². The monoisotopic (exact) mass is 586 g/mol. The van der Waals surface area contributed by atoms with Gasteiger partial charge in [0.25, 0.3) is 0 Å². The highest BCUT2D eigenvalue weighted by Crippen LogP contribution is 2.74. The lowest BCUT2D eigenvalue weighted by atomic mass is 9.77. The molecule has 6 aromatic rings. The molecule has 0 saturated carbocycles. The van der Waals surface area contributed by atoms with E-state index in [9.17, 15) is 0 Å². The molecule has 1 aliphatic carbocycles. The first kappa shape index (κ1) is 27.8. The minimum Gasteiger partial charge on any atom is -0.312 e. The third-order valence-corrected chi connectivity index (χ3v) is 12.5. The first-order valence-corrected chi connectivity index (χ1v) is 16.6. The number of rotatable bonds is 7. The van der Waals surface area contributed by atoms with Crippen LogP contribution in [0.25, 0.3) is 11.1 Å². The van der Waals surface area contributed by atoms with Gasteiger partial charge in [-0.1, -0.05) is 182 Å². The highest BCUT2D eigenvalue weighted by atomic mass is 31.2. The predicted molar refractivity (Wildman–Crippen MR) is 182 cm³/mol. The lowest BCUT2D eigenvalue weighted by molar-refractivity contribution is -0.116. The summed E-state index contributed by atoms with van der Waals surface area (Å²) in [6.07, 6.45) is 0. The van der Waals surface area contributed by atoms with E-state index in [2.05, 4.69) is 24.3 Å². The summed E-state index contributed by atoms with van der Waals surface area (Å²) in [7, 11) is -3.81. The van der Waals surface area contributed by atoms with Gasteiger partial charge in [0.2, 0.25) is 0 Å². The Morgan fingerprint density at radius 2 is 0.841 bits per heavy atom. The first-order valence-electron chi connectivity index (χ1n) is 14.9. The van der Waals surface area contributed by atoms with Crippen LogP contribution < -0.4 is 10.6 Å². The highest BCUT2D eigenvalue weighted by molar-refractivity contribution is 7.80. The minimum atomic E-state index is -3.81. The number of allylic oxidation sites excluding steroid dienone is 2. The molecule has 0 radical (unpaired) electrons. The van der Waals surface area contributed by atoms with Gasteiger partial charge < -0.3 is 4.57 Å². The van der Waals surface area contributed by atoms with Crippen LogP contribution in [0, 0.1) is 0 Å². The van der Waals surface area contributed by atoms with E-state index in [0.717, 1.165) is 27.8 Å². The maximum absolute atomic E-state index is 16.8. The van der Waals surface area contributed by atoms with E-state index in [0.29, 0.717) is 16.2 Å². The molecule has 0 heterocycles. The van der Waals surface area contributed by atoms with Gasteiger partial charge in [-0.15, -0.1) is 0 Å². The number of hydrogen-bond acceptors (Lipinski definition) is 2. The van der Waals surface area contributed by atoms with Crippen LogP contribution in [-0.2, 0) is 14.5 Å². The Morgan fingerprint density at radius 3 is 1.32 bits per heavy atom.